The van der Waals surface area contributed by atoms with Crippen molar-refractivity contribution in [1.82, 2.24) is 25.9 Å². The summed E-state index contributed by atoms with van der Waals surface area (Å²) in [5.41, 5.74) is 0.745. The summed E-state index contributed by atoms with van der Waals surface area (Å²) in [6, 6.07) is 9.67. The number of Topliss-reactive ketones (excluding diaryl/α,β-unsaturated/α-hetero) is 1. The third kappa shape index (κ3) is 8.84. The van der Waals surface area contributed by atoms with E-state index in [-0.39, 0.29) is 17.7 Å². The Balaban J connectivity index is 1.92. The minimum atomic E-state index is -5.18. The number of alkyl halides is 3. The normalized spacial score (nSPS) is 13.5. The molecule has 0 radical (unpaired) electrons. The van der Waals surface area contributed by atoms with Gasteiger partial charge in [-0.25, -0.2) is 4.98 Å². The van der Waals surface area contributed by atoms with Gasteiger partial charge in [-0.2, -0.15) is 13.2 Å². The molecule has 1 unspecified atom stereocenters. The zero-order chi connectivity index (χ0) is 30.2. The quantitative estimate of drug-likeness (QED) is 0.313. The van der Waals surface area contributed by atoms with Gasteiger partial charge in [0.15, 0.2) is 0 Å². The average Bonchev–Trinajstić information content (AvgIpc) is 2.94. The fourth-order valence-corrected chi connectivity index (χ4v) is 4.11. The highest BCUT2D eigenvalue weighted by atomic mass is 35.5. The van der Waals surface area contributed by atoms with E-state index in [1.807, 2.05) is 0 Å². The predicted octanol–water partition coefficient (Wildman–Crippen LogP) is 3.60. The molecule has 1 aromatic heterocycles. The summed E-state index contributed by atoms with van der Waals surface area (Å²) in [4.78, 5) is 59.5. The Morgan fingerprint density at radius 2 is 1.61 bits per heavy atom. The molecule has 0 fully saturated rings. The van der Waals surface area contributed by atoms with Gasteiger partial charge in [-0.1, -0.05) is 67.9 Å². The minimum Gasteiger partial charge on any atom is -0.344 e. The van der Waals surface area contributed by atoms with Crippen molar-refractivity contribution in [3.05, 3.63) is 95.0 Å². The zero-order valence-corrected chi connectivity index (χ0v) is 22.7. The summed E-state index contributed by atoms with van der Waals surface area (Å²) in [6.07, 6.45) is -1.37. The maximum absolute atomic E-state index is 13.6. The molecule has 0 aliphatic rings. The van der Waals surface area contributed by atoms with Crippen molar-refractivity contribution in [2.75, 3.05) is 0 Å². The second-order valence-corrected chi connectivity index (χ2v) is 9.83. The first-order chi connectivity index (χ1) is 19.4. The molecule has 3 rings (SSSR count). The van der Waals surface area contributed by atoms with Crippen LogP contribution in [0.1, 0.15) is 41.5 Å². The number of hydrogen-bond acceptors (Lipinski definition) is 6. The number of amides is 3. The second-order valence-electron chi connectivity index (χ2n) is 9.40. The van der Waals surface area contributed by atoms with E-state index in [1.54, 1.807) is 42.5 Å². The van der Waals surface area contributed by atoms with E-state index in [0.29, 0.717) is 10.6 Å². The number of aromatic nitrogens is 2. The Morgan fingerprint density at radius 3 is 2.20 bits per heavy atom. The molecular weight excluding hydrogens is 563 g/mol. The standard InChI is InChI=1S/C28H27ClF3N5O4/c1-16(2)22(24(38)28(30,31)32)36-27(41)23(18-8-4-3-5-9-18)37-25(39)20(14-17-7-6-10-19(29)13-17)35-26(40)21-15-33-11-12-34-21/h3-13,15-16,20,22-23H,14H2,1-2H3,(H,35,40)(H,36,41)(H,37,39)/t20-,22-,23?/m0/s1. The van der Waals surface area contributed by atoms with Gasteiger partial charge in [-0.05, 0) is 29.2 Å². The molecule has 41 heavy (non-hydrogen) atoms. The van der Waals surface area contributed by atoms with E-state index in [2.05, 4.69) is 25.9 Å². The molecule has 3 amide bonds. The van der Waals surface area contributed by atoms with E-state index in [1.165, 1.54) is 44.6 Å². The first kappa shape index (κ1) is 31.2. The molecule has 0 aliphatic carbocycles. The van der Waals surface area contributed by atoms with Crippen LogP contribution in [0.4, 0.5) is 13.2 Å². The van der Waals surface area contributed by atoms with Crippen LogP contribution in [0, 0.1) is 5.92 Å². The van der Waals surface area contributed by atoms with Gasteiger partial charge in [0.1, 0.15) is 17.8 Å². The lowest BCUT2D eigenvalue weighted by atomic mass is 9.97. The van der Waals surface area contributed by atoms with E-state index >= 15 is 0 Å². The number of nitrogens with one attached hydrogen (secondary N) is 3. The Kier molecular flexibility index (Phi) is 10.5. The third-order valence-electron chi connectivity index (χ3n) is 5.95. The lowest BCUT2D eigenvalue weighted by Gasteiger charge is -2.27. The van der Waals surface area contributed by atoms with E-state index in [4.69, 9.17) is 11.6 Å². The maximum Gasteiger partial charge on any atom is 0.452 e. The molecule has 0 spiro atoms. The van der Waals surface area contributed by atoms with Gasteiger partial charge in [-0.15, -0.1) is 0 Å². The Labute approximate surface area is 238 Å². The van der Waals surface area contributed by atoms with Crippen LogP contribution in [0.25, 0.3) is 0 Å². The van der Waals surface area contributed by atoms with Crippen LogP contribution < -0.4 is 16.0 Å². The van der Waals surface area contributed by atoms with Crippen molar-refractivity contribution in [3.8, 4) is 0 Å². The van der Waals surface area contributed by atoms with Crippen LogP contribution in [-0.2, 0) is 20.8 Å². The summed E-state index contributed by atoms with van der Waals surface area (Å²) >= 11 is 6.08. The molecule has 216 valence electrons. The molecule has 0 saturated heterocycles. The average molecular weight is 590 g/mol. The van der Waals surface area contributed by atoms with Crippen LogP contribution in [0.15, 0.2) is 73.2 Å². The van der Waals surface area contributed by atoms with Gasteiger partial charge < -0.3 is 16.0 Å². The molecule has 2 aromatic carbocycles. The Hall–Kier alpha value is -4.32. The topological polar surface area (TPSA) is 130 Å². The molecule has 0 bridgehead atoms. The summed E-state index contributed by atoms with van der Waals surface area (Å²) < 4.78 is 39.7. The molecule has 13 heteroatoms. The number of carbonyl (C=O) groups is 4. The van der Waals surface area contributed by atoms with Gasteiger partial charge in [0.2, 0.25) is 11.8 Å². The van der Waals surface area contributed by atoms with Gasteiger partial charge in [0.05, 0.1) is 12.2 Å². The van der Waals surface area contributed by atoms with Crippen LogP contribution in [-0.4, -0.2) is 51.7 Å². The zero-order valence-electron chi connectivity index (χ0n) is 22.0. The van der Waals surface area contributed by atoms with Gasteiger partial charge >= 0.3 is 6.18 Å². The molecule has 3 N–H and O–H groups in total. The summed E-state index contributed by atoms with van der Waals surface area (Å²) in [5.74, 6) is -5.61. The minimum absolute atomic E-state index is 0.0529. The highest BCUT2D eigenvalue weighted by Crippen LogP contribution is 2.22. The predicted molar refractivity (Wildman–Crippen MR) is 144 cm³/mol. The van der Waals surface area contributed by atoms with E-state index in [0.717, 1.165) is 0 Å². The lowest BCUT2D eigenvalue weighted by Crippen LogP contribution is -2.55. The number of rotatable bonds is 11. The van der Waals surface area contributed by atoms with Crippen molar-refractivity contribution in [2.24, 2.45) is 5.92 Å². The van der Waals surface area contributed by atoms with Crippen molar-refractivity contribution in [2.45, 2.75) is 44.6 Å². The fourth-order valence-electron chi connectivity index (χ4n) is 3.89. The molecule has 9 nitrogen and oxygen atoms in total. The van der Waals surface area contributed by atoms with Gasteiger partial charge in [0.25, 0.3) is 11.7 Å². The van der Waals surface area contributed by atoms with E-state index in [9.17, 15) is 32.3 Å². The van der Waals surface area contributed by atoms with Crippen LogP contribution in [0.3, 0.4) is 0 Å². The second kappa shape index (κ2) is 13.8. The summed E-state index contributed by atoms with van der Waals surface area (Å²) in [7, 11) is 0. The van der Waals surface area contributed by atoms with Gasteiger partial charge in [0, 0.05) is 23.8 Å². The molecule has 0 saturated carbocycles. The molecule has 3 aromatic rings. The monoisotopic (exact) mass is 589 g/mol. The van der Waals surface area contributed by atoms with Crippen LogP contribution in [0.5, 0.6) is 0 Å². The number of hydrogen-bond donors (Lipinski definition) is 3. The summed E-state index contributed by atoms with van der Waals surface area (Å²) in [5, 5.41) is 7.61. The number of carbonyl (C=O) groups excluding carboxylic acids is 4. The smallest absolute Gasteiger partial charge is 0.344 e. The van der Waals surface area contributed by atoms with Crippen molar-refractivity contribution < 1.29 is 32.3 Å². The third-order valence-corrected chi connectivity index (χ3v) is 6.19. The van der Waals surface area contributed by atoms with Crippen LogP contribution in [0.2, 0.25) is 5.02 Å². The Morgan fingerprint density at radius 1 is 0.902 bits per heavy atom. The molecule has 3 atom stereocenters. The lowest BCUT2D eigenvalue weighted by molar-refractivity contribution is -0.175. The number of nitrogens with zero attached hydrogens (tertiary/aromatic N) is 2. The first-order valence-corrected chi connectivity index (χ1v) is 12.8. The molecule has 0 aliphatic heterocycles. The van der Waals surface area contributed by atoms with Crippen molar-refractivity contribution >= 4 is 35.1 Å². The first-order valence-electron chi connectivity index (χ1n) is 12.4. The number of benzene rings is 2. The highest BCUT2D eigenvalue weighted by Gasteiger charge is 2.45. The number of ketones is 1. The summed E-state index contributed by atoms with van der Waals surface area (Å²) in [6.45, 7) is 2.71. The largest absolute Gasteiger partial charge is 0.452 e. The number of halogens is 4. The molecule has 1 heterocycles. The Bertz CT molecular complexity index is 1370. The van der Waals surface area contributed by atoms with Crippen LogP contribution >= 0.6 is 11.6 Å². The van der Waals surface area contributed by atoms with Crippen molar-refractivity contribution in [1.29, 1.82) is 0 Å². The van der Waals surface area contributed by atoms with Gasteiger partial charge in [-0.3, -0.25) is 24.2 Å². The fraction of sp³-hybridized carbons (Fsp3) is 0.286. The SMILES string of the molecule is CC(C)[C@H](NC(=O)C(NC(=O)[C@H](Cc1cccc(Cl)c1)NC(=O)c1cnccn1)c1ccccc1)C(=O)C(F)(F)F. The van der Waals surface area contributed by atoms with E-state index < -0.39 is 53.7 Å². The molecular formula is C28H27ClF3N5O4. The highest BCUT2D eigenvalue weighted by molar-refractivity contribution is 6.30. The van der Waals surface area contributed by atoms with Crippen molar-refractivity contribution in [3.63, 3.8) is 0 Å². The maximum atomic E-state index is 13.6.